The highest BCUT2D eigenvalue weighted by molar-refractivity contribution is 5.70. The van der Waals surface area contributed by atoms with Crippen molar-refractivity contribution in [1.82, 2.24) is 18.8 Å². The molecule has 0 atom stereocenters. The van der Waals surface area contributed by atoms with Crippen LogP contribution < -0.4 is 11.2 Å². The zero-order valence-electron chi connectivity index (χ0n) is 17.1. The number of benzene rings is 1. The van der Waals surface area contributed by atoms with Gasteiger partial charge in [-0.15, -0.1) is 0 Å². The van der Waals surface area contributed by atoms with Crippen molar-refractivity contribution >= 4 is 11.2 Å². The van der Waals surface area contributed by atoms with Crippen molar-refractivity contribution in [1.29, 1.82) is 0 Å². The molecule has 0 aliphatic carbocycles. The summed E-state index contributed by atoms with van der Waals surface area (Å²) in [5.74, 6) is 0. The van der Waals surface area contributed by atoms with Gasteiger partial charge in [-0.2, -0.15) is 0 Å². The second-order valence-corrected chi connectivity index (χ2v) is 7.52. The highest BCUT2D eigenvalue weighted by Gasteiger charge is 2.17. The second-order valence-electron chi connectivity index (χ2n) is 7.52. The zero-order chi connectivity index (χ0) is 20.6. The molecule has 0 saturated heterocycles. The van der Waals surface area contributed by atoms with Crippen molar-refractivity contribution in [3.63, 3.8) is 0 Å². The van der Waals surface area contributed by atoms with Crippen LogP contribution in [0.1, 0.15) is 57.4 Å². The van der Waals surface area contributed by atoms with Crippen LogP contribution in [0.5, 0.6) is 0 Å². The maximum absolute atomic E-state index is 12.5. The van der Waals surface area contributed by atoms with Crippen LogP contribution in [0.3, 0.4) is 0 Å². The first-order valence-electron chi connectivity index (χ1n) is 10.6. The van der Waals surface area contributed by atoms with Crippen LogP contribution in [-0.2, 0) is 19.5 Å². The SMILES string of the molecule is CCCCCCCCCn1c(=O)n(O)c(=O)c2c1ncn2CCc1ccccc1. The van der Waals surface area contributed by atoms with Gasteiger partial charge < -0.3 is 9.77 Å². The number of hydrogen-bond acceptors (Lipinski definition) is 4. The predicted molar refractivity (Wildman–Crippen MR) is 114 cm³/mol. The molecule has 2 heterocycles. The summed E-state index contributed by atoms with van der Waals surface area (Å²) in [4.78, 5) is 29.3. The number of aromatic nitrogens is 4. The van der Waals surface area contributed by atoms with E-state index in [4.69, 9.17) is 0 Å². The molecule has 156 valence electrons. The first kappa shape index (κ1) is 20.9. The molecular formula is C22H30N4O3. The minimum Gasteiger partial charge on any atom is -0.421 e. The largest absolute Gasteiger partial charge is 0.421 e. The van der Waals surface area contributed by atoms with Crippen LogP contribution in [0.4, 0.5) is 0 Å². The Labute approximate surface area is 170 Å². The summed E-state index contributed by atoms with van der Waals surface area (Å²) in [5, 5.41) is 10.0. The molecule has 0 unspecified atom stereocenters. The van der Waals surface area contributed by atoms with Crippen molar-refractivity contribution < 1.29 is 5.21 Å². The first-order chi connectivity index (χ1) is 14.1. The predicted octanol–water partition coefficient (Wildman–Crippen LogP) is 3.59. The summed E-state index contributed by atoms with van der Waals surface area (Å²) < 4.78 is 3.35. The van der Waals surface area contributed by atoms with Gasteiger partial charge in [0, 0.05) is 13.1 Å². The number of aryl methyl sites for hydroxylation is 3. The van der Waals surface area contributed by atoms with E-state index in [0.717, 1.165) is 31.2 Å². The molecule has 1 aromatic carbocycles. The van der Waals surface area contributed by atoms with E-state index in [9.17, 15) is 14.8 Å². The molecule has 0 radical (unpaired) electrons. The minimum absolute atomic E-state index is 0.213. The Balaban J connectivity index is 1.75. The molecule has 0 saturated carbocycles. The van der Waals surface area contributed by atoms with E-state index < -0.39 is 11.2 Å². The van der Waals surface area contributed by atoms with Crippen LogP contribution in [-0.4, -0.2) is 24.1 Å². The lowest BCUT2D eigenvalue weighted by Crippen LogP contribution is -2.39. The highest BCUT2D eigenvalue weighted by atomic mass is 16.5. The molecule has 3 aromatic rings. The zero-order valence-corrected chi connectivity index (χ0v) is 17.1. The van der Waals surface area contributed by atoms with E-state index in [2.05, 4.69) is 11.9 Å². The van der Waals surface area contributed by atoms with Crippen LogP contribution in [0.15, 0.2) is 46.2 Å². The molecule has 2 aromatic heterocycles. The topological polar surface area (TPSA) is 82.0 Å². The van der Waals surface area contributed by atoms with E-state index in [-0.39, 0.29) is 10.2 Å². The average Bonchev–Trinajstić information content (AvgIpc) is 3.16. The molecule has 0 aliphatic heterocycles. The van der Waals surface area contributed by atoms with Crippen LogP contribution in [0.2, 0.25) is 0 Å². The van der Waals surface area contributed by atoms with Gasteiger partial charge in [-0.1, -0.05) is 80.5 Å². The lowest BCUT2D eigenvalue weighted by atomic mass is 10.1. The summed E-state index contributed by atoms with van der Waals surface area (Å²) in [6.45, 7) is 3.19. The summed E-state index contributed by atoms with van der Waals surface area (Å²) >= 11 is 0. The molecule has 1 N–H and O–H groups in total. The molecule has 0 aliphatic rings. The Bertz CT molecular complexity index is 1030. The lowest BCUT2D eigenvalue weighted by Gasteiger charge is -2.09. The normalized spacial score (nSPS) is 11.3. The first-order valence-corrected chi connectivity index (χ1v) is 10.6. The molecule has 7 nitrogen and oxygen atoms in total. The van der Waals surface area contributed by atoms with Crippen LogP contribution >= 0.6 is 0 Å². The Morgan fingerprint density at radius 1 is 0.931 bits per heavy atom. The van der Waals surface area contributed by atoms with E-state index >= 15 is 0 Å². The molecule has 29 heavy (non-hydrogen) atoms. The molecule has 0 fully saturated rings. The third kappa shape index (κ3) is 4.96. The van der Waals surface area contributed by atoms with Gasteiger partial charge in [0.15, 0.2) is 11.2 Å². The van der Waals surface area contributed by atoms with Gasteiger partial charge >= 0.3 is 11.2 Å². The molecule has 0 amide bonds. The summed E-state index contributed by atoms with van der Waals surface area (Å²) in [6, 6.07) is 9.97. The fourth-order valence-corrected chi connectivity index (χ4v) is 3.67. The number of rotatable bonds is 11. The lowest BCUT2D eigenvalue weighted by molar-refractivity contribution is 0.156. The van der Waals surface area contributed by atoms with Gasteiger partial charge in [-0.05, 0) is 18.4 Å². The quantitative estimate of drug-likeness (QED) is 0.395. The molecule has 7 heteroatoms. The Morgan fingerprint density at radius 3 is 2.34 bits per heavy atom. The van der Waals surface area contributed by atoms with Crippen molar-refractivity contribution in [3.8, 4) is 0 Å². The van der Waals surface area contributed by atoms with E-state index in [0.29, 0.717) is 18.7 Å². The van der Waals surface area contributed by atoms with Crippen LogP contribution in [0.25, 0.3) is 11.2 Å². The van der Waals surface area contributed by atoms with Crippen molar-refractivity contribution in [2.75, 3.05) is 0 Å². The maximum atomic E-state index is 12.5. The fourth-order valence-electron chi connectivity index (χ4n) is 3.67. The fraction of sp³-hybridized carbons (Fsp3) is 0.500. The smallest absolute Gasteiger partial charge is 0.366 e. The molecule has 3 rings (SSSR count). The minimum atomic E-state index is -0.721. The summed E-state index contributed by atoms with van der Waals surface area (Å²) in [6.07, 6.45) is 10.2. The highest BCUT2D eigenvalue weighted by Crippen LogP contribution is 2.11. The molecule has 0 bridgehead atoms. The monoisotopic (exact) mass is 398 g/mol. The van der Waals surface area contributed by atoms with Gasteiger partial charge in [-0.3, -0.25) is 9.36 Å². The summed E-state index contributed by atoms with van der Waals surface area (Å²) in [7, 11) is 0. The molecular weight excluding hydrogens is 368 g/mol. The number of imidazole rings is 1. The van der Waals surface area contributed by atoms with E-state index in [1.165, 1.54) is 30.3 Å². The van der Waals surface area contributed by atoms with Crippen molar-refractivity contribution in [2.45, 2.75) is 71.4 Å². The second kappa shape index (κ2) is 10.1. The third-order valence-corrected chi connectivity index (χ3v) is 5.35. The standard InChI is InChI=1S/C22H30N4O3/c1-2-3-4-5-6-7-11-15-25-20-19(21(27)26(29)22(25)28)24(17-23-20)16-14-18-12-9-8-10-13-18/h8-10,12-13,17,29H,2-7,11,14-16H2,1H3. The van der Waals surface area contributed by atoms with Gasteiger partial charge in [-0.25, -0.2) is 9.78 Å². The summed E-state index contributed by atoms with van der Waals surface area (Å²) in [5.41, 5.74) is 0.332. The average molecular weight is 399 g/mol. The third-order valence-electron chi connectivity index (χ3n) is 5.35. The number of nitrogens with zero attached hydrogens (tertiary/aromatic N) is 4. The van der Waals surface area contributed by atoms with E-state index in [1.54, 1.807) is 10.9 Å². The Hall–Kier alpha value is -2.83. The maximum Gasteiger partial charge on any atom is 0.366 e. The molecule has 0 spiro atoms. The van der Waals surface area contributed by atoms with Crippen LogP contribution in [0, 0.1) is 0 Å². The Morgan fingerprint density at radius 2 is 1.62 bits per heavy atom. The van der Waals surface area contributed by atoms with Gasteiger partial charge in [0.2, 0.25) is 0 Å². The number of fused-ring (bicyclic) bond motifs is 1. The number of hydrogen-bond donors (Lipinski definition) is 1. The Kier molecular flexibility index (Phi) is 7.27. The van der Waals surface area contributed by atoms with Gasteiger partial charge in [0.05, 0.1) is 6.33 Å². The van der Waals surface area contributed by atoms with Crippen molar-refractivity contribution in [3.05, 3.63) is 63.1 Å². The van der Waals surface area contributed by atoms with Gasteiger partial charge in [0.25, 0.3) is 0 Å². The van der Waals surface area contributed by atoms with Gasteiger partial charge in [0.1, 0.15) is 0 Å². The van der Waals surface area contributed by atoms with E-state index in [1.807, 2.05) is 30.3 Å². The number of unbranched alkanes of at least 4 members (excludes halogenated alkanes) is 6. The van der Waals surface area contributed by atoms with Crippen molar-refractivity contribution in [2.24, 2.45) is 0 Å².